The zero-order valence-corrected chi connectivity index (χ0v) is 13.8. The summed E-state index contributed by atoms with van der Waals surface area (Å²) in [6, 6.07) is 17.4. The van der Waals surface area contributed by atoms with Gasteiger partial charge in [-0.05, 0) is 32.0 Å². The number of carbonyl (C=O) groups is 1. The number of hydrogen-bond donors (Lipinski definition) is 1. The van der Waals surface area contributed by atoms with E-state index in [4.69, 9.17) is 17.3 Å². The first-order chi connectivity index (χ1) is 11.0. The quantitative estimate of drug-likeness (QED) is 0.550. The molecule has 0 atom stereocenters. The number of hydrogen-bond acceptors (Lipinski definition) is 2. The van der Waals surface area contributed by atoms with Crippen LogP contribution in [-0.2, 0) is 0 Å². The molecule has 0 aliphatic heterocycles. The average molecular weight is 325 g/mol. The molecule has 0 fully saturated rings. The fourth-order valence-electron chi connectivity index (χ4n) is 2.92. The molecule has 3 rings (SSSR count). The van der Waals surface area contributed by atoms with E-state index in [-0.39, 0.29) is 5.78 Å². The average Bonchev–Trinajstić information content (AvgIpc) is 2.79. The molecule has 3 aromatic rings. The Hall–Kier alpha value is -2.52. The molecule has 1 aromatic heterocycles. The van der Waals surface area contributed by atoms with Gasteiger partial charge in [0.25, 0.3) is 0 Å². The summed E-state index contributed by atoms with van der Waals surface area (Å²) in [6.45, 7) is 3.43. The Morgan fingerprint density at radius 2 is 1.65 bits per heavy atom. The summed E-state index contributed by atoms with van der Waals surface area (Å²) >= 11 is 6.59. The van der Waals surface area contributed by atoms with E-state index < -0.39 is 0 Å². The fourth-order valence-corrected chi connectivity index (χ4v) is 3.37. The number of ketones is 1. The minimum Gasteiger partial charge on any atom is -0.398 e. The number of para-hydroxylation sites is 2. The van der Waals surface area contributed by atoms with Gasteiger partial charge < -0.3 is 10.3 Å². The summed E-state index contributed by atoms with van der Waals surface area (Å²) in [5.41, 5.74) is 10.6. The second-order valence-corrected chi connectivity index (χ2v) is 5.82. The molecule has 0 radical (unpaired) electrons. The minimum absolute atomic E-state index is 0.0575. The summed E-state index contributed by atoms with van der Waals surface area (Å²) in [4.78, 5) is 12.1. The predicted octanol–water partition coefficient (Wildman–Crippen LogP) is 4.89. The summed E-state index contributed by atoms with van der Waals surface area (Å²) in [5, 5.41) is 0.441. The van der Waals surface area contributed by atoms with Gasteiger partial charge in [-0.15, -0.1) is 0 Å². The van der Waals surface area contributed by atoms with Crippen molar-refractivity contribution in [2.75, 3.05) is 5.73 Å². The van der Waals surface area contributed by atoms with Crippen LogP contribution in [0.1, 0.15) is 23.0 Å². The SMILES string of the molecule is CC(=O)c1c(Cl)c(-c2ccccc2N)n(-c2ccccc2)c1C. The number of Topliss-reactive ketones (excluding diaryl/α,β-unsaturated/α-hetero) is 1. The highest BCUT2D eigenvalue weighted by atomic mass is 35.5. The molecule has 2 aromatic carbocycles. The minimum atomic E-state index is -0.0575. The van der Waals surface area contributed by atoms with E-state index in [1.807, 2.05) is 66.1 Å². The van der Waals surface area contributed by atoms with Gasteiger partial charge in [-0.3, -0.25) is 4.79 Å². The zero-order valence-electron chi connectivity index (χ0n) is 13.0. The molecule has 3 nitrogen and oxygen atoms in total. The summed E-state index contributed by atoms with van der Waals surface area (Å²) < 4.78 is 1.99. The van der Waals surface area contributed by atoms with Crippen molar-refractivity contribution < 1.29 is 4.79 Å². The highest BCUT2D eigenvalue weighted by molar-refractivity contribution is 6.37. The van der Waals surface area contributed by atoms with Crippen molar-refractivity contribution in [2.24, 2.45) is 0 Å². The Bertz CT molecular complexity index is 882. The van der Waals surface area contributed by atoms with Crippen molar-refractivity contribution >= 4 is 23.1 Å². The van der Waals surface area contributed by atoms with Crippen LogP contribution in [0, 0.1) is 6.92 Å². The van der Waals surface area contributed by atoms with Gasteiger partial charge in [0, 0.05) is 22.6 Å². The number of nitrogen functional groups attached to an aromatic ring is 1. The van der Waals surface area contributed by atoms with Crippen molar-refractivity contribution in [3.63, 3.8) is 0 Å². The van der Waals surface area contributed by atoms with E-state index in [0.717, 1.165) is 22.6 Å². The summed E-state index contributed by atoms with van der Waals surface area (Å²) in [7, 11) is 0. The number of halogens is 1. The van der Waals surface area contributed by atoms with Gasteiger partial charge in [-0.1, -0.05) is 48.0 Å². The third-order valence-electron chi connectivity index (χ3n) is 3.93. The first kappa shape index (κ1) is 15.4. The highest BCUT2D eigenvalue weighted by Gasteiger charge is 2.24. The highest BCUT2D eigenvalue weighted by Crippen LogP contribution is 2.40. The van der Waals surface area contributed by atoms with Crippen molar-refractivity contribution in [2.45, 2.75) is 13.8 Å². The standard InChI is InChI=1S/C19H17ClN2O/c1-12-17(13(2)23)18(20)19(15-10-6-7-11-16(15)21)22(12)14-8-4-3-5-9-14/h3-11H,21H2,1-2H3. The lowest BCUT2D eigenvalue weighted by atomic mass is 10.1. The Morgan fingerprint density at radius 3 is 2.26 bits per heavy atom. The molecule has 2 N–H and O–H groups in total. The molecule has 4 heteroatoms. The van der Waals surface area contributed by atoms with Crippen LogP contribution in [0.3, 0.4) is 0 Å². The maximum atomic E-state index is 12.1. The van der Waals surface area contributed by atoms with Crippen LogP contribution in [0.5, 0.6) is 0 Å². The van der Waals surface area contributed by atoms with Crippen LogP contribution >= 0.6 is 11.6 Å². The van der Waals surface area contributed by atoms with E-state index in [9.17, 15) is 4.79 Å². The second kappa shape index (κ2) is 5.94. The Morgan fingerprint density at radius 1 is 1.04 bits per heavy atom. The van der Waals surface area contributed by atoms with Crippen LogP contribution in [0.2, 0.25) is 5.02 Å². The number of nitrogens with two attached hydrogens (primary N) is 1. The third kappa shape index (κ3) is 2.53. The maximum absolute atomic E-state index is 12.1. The van der Waals surface area contributed by atoms with Crippen LogP contribution in [-0.4, -0.2) is 10.4 Å². The molecule has 1 heterocycles. The zero-order chi connectivity index (χ0) is 16.6. The topological polar surface area (TPSA) is 48.0 Å². The van der Waals surface area contributed by atoms with Gasteiger partial charge in [-0.2, -0.15) is 0 Å². The van der Waals surface area contributed by atoms with Gasteiger partial charge in [0.1, 0.15) is 0 Å². The second-order valence-electron chi connectivity index (χ2n) is 5.44. The molecule has 0 aliphatic carbocycles. The molecule has 0 unspecified atom stereocenters. The Labute approximate surface area is 140 Å². The molecule has 23 heavy (non-hydrogen) atoms. The molecule has 0 amide bonds. The van der Waals surface area contributed by atoms with Gasteiger partial charge in [0.2, 0.25) is 0 Å². The van der Waals surface area contributed by atoms with Gasteiger partial charge >= 0.3 is 0 Å². The number of benzene rings is 2. The van der Waals surface area contributed by atoms with Crippen LogP contribution < -0.4 is 5.73 Å². The molecule has 0 spiro atoms. The van der Waals surface area contributed by atoms with E-state index >= 15 is 0 Å². The van der Waals surface area contributed by atoms with Crippen LogP contribution in [0.25, 0.3) is 16.9 Å². The summed E-state index contributed by atoms with van der Waals surface area (Å²) in [5.74, 6) is -0.0575. The Balaban J connectivity index is 2.41. The fraction of sp³-hybridized carbons (Fsp3) is 0.105. The first-order valence-electron chi connectivity index (χ1n) is 7.34. The number of rotatable bonds is 3. The summed E-state index contributed by atoms with van der Waals surface area (Å²) in [6.07, 6.45) is 0. The molecule has 0 saturated carbocycles. The number of carbonyl (C=O) groups excluding carboxylic acids is 1. The third-order valence-corrected chi connectivity index (χ3v) is 4.30. The van der Waals surface area contributed by atoms with Crippen LogP contribution in [0.4, 0.5) is 5.69 Å². The van der Waals surface area contributed by atoms with Gasteiger partial charge in [0.05, 0.1) is 16.3 Å². The number of nitrogens with zero attached hydrogens (tertiary/aromatic N) is 1. The predicted molar refractivity (Wildman–Crippen MR) is 95.4 cm³/mol. The van der Waals surface area contributed by atoms with Crippen molar-refractivity contribution in [1.82, 2.24) is 4.57 Å². The van der Waals surface area contributed by atoms with Crippen molar-refractivity contribution in [3.05, 3.63) is 70.9 Å². The molecule has 0 saturated heterocycles. The Kier molecular flexibility index (Phi) is 3.97. The smallest absolute Gasteiger partial charge is 0.163 e. The van der Waals surface area contributed by atoms with Gasteiger partial charge in [-0.25, -0.2) is 0 Å². The van der Waals surface area contributed by atoms with Crippen molar-refractivity contribution in [3.8, 4) is 16.9 Å². The van der Waals surface area contributed by atoms with E-state index in [2.05, 4.69) is 0 Å². The molecule has 116 valence electrons. The van der Waals surface area contributed by atoms with E-state index in [0.29, 0.717) is 16.3 Å². The van der Waals surface area contributed by atoms with E-state index in [1.54, 1.807) is 0 Å². The molecular weight excluding hydrogens is 308 g/mol. The van der Waals surface area contributed by atoms with Crippen molar-refractivity contribution in [1.29, 1.82) is 0 Å². The maximum Gasteiger partial charge on any atom is 0.163 e. The number of anilines is 1. The molecular formula is C19H17ClN2O. The largest absolute Gasteiger partial charge is 0.398 e. The molecule has 0 aliphatic rings. The van der Waals surface area contributed by atoms with Gasteiger partial charge in [0.15, 0.2) is 5.78 Å². The lowest BCUT2D eigenvalue weighted by Crippen LogP contribution is -2.02. The first-order valence-corrected chi connectivity index (χ1v) is 7.72. The normalized spacial score (nSPS) is 10.7. The monoisotopic (exact) mass is 324 g/mol. The lowest BCUT2D eigenvalue weighted by Gasteiger charge is -2.13. The van der Waals surface area contributed by atoms with Crippen LogP contribution in [0.15, 0.2) is 54.6 Å². The lowest BCUT2D eigenvalue weighted by molar-refractivity contribution is 0.101. The van der Waals surface area contributed by atoms with E-state index in [1.165, 1.54) is 6.92 Å². The molecule has 0 bridgehead atoms. The number of aromatic nitrogens is 1.